The van der Waals surface area contributed by atoms with Crippen molar-refractivity contribution in [1.82, 2.24) is 5.32 Å². The van der Waals surface area contributed by atoms with E-state index in [-0.39, 0.29) is 0 Å². The van der Waals surface area contributed by atoms with Gasteiger partial charge in [-0.3, -0.25) is 0 Å². The molecule has 0 bridgehead atoms. The van der Waals surface area contributed by atoms with Crippen molar-refractivity contribution in [2.75, 3.05) is 12.3 Å². The summed E-state index contributed by atoms with van der Waals surface area (Å²) < 4.78 is 0. The Morgan fingerprint density at radius 1 is 1.46 bits per heavy atom. The lowest BCUT2D eigenvalue weighted by atomic mass is 10.1. The van der Waals surface area contributed by atoms with Crippen LogP contribution in [0.25, 0.3) is 0 Å². The molecule has 1 unspecified atom stereocenters. The summed E-state index contributed by atoms with van der Waals surface area (Å²) in [7, 11) is 0. The quantitative estimate of drug-likeness (QED) is 0.472. The van der Waals surface area contributed by atoms with E-state index in [1.807, 2.05) is 6.07 Å². The van der Waals surface area contributed by atoms with E-state index in [4.69, 9.17) is 5.73 Å². The predicted molar refractivity (Wildman–Crippen MR) is 58.1 cm³/mol. The highest BCUT2D eigenvalue weighted by Crippen LogP contribution is 2.27. The van der Waals surface area contributed by atoms with Crippen molar-refractivity contribution in [3.8, 4) is 0 Å². The van der Waals surface area contributed by atoms with Crippen LogP contribution in [0, 0.1) is 0 Å². The predicted octanol–water partition coefficient (Wildman–Crippen LogP) is 1.98. The van der Waals surface area contributed by atoms with Gasteiger partial charge in [0.05, 0.1) is 0 Å². The van der Waals surface area contributed by atoms with Crippen molar-refractivity contribution < 1.29 is 0 Å². The van der Waals surface area contributed by atoms with Crippen LogP contribution >= 0.6 is 12.6 Å². The Hall–Kier alpha value is -0.670. The first-order chi connectivity index (χ1) is 6.27. The fourth-order valence-electron chi connectivity index (χ4n) is 1.75. The Morgan fingerprint density at radius 2 is 2.31 bits per heavy atom. The lowest BCUT2D eigenvalue weighted by Crippen LogP contribution is -2.12. The minimum atomic E-state index is 0.506. The molecular weight excluding hydrogens is 180 g/mol. The fourth-order valence-corrected chi connectivity index (χ4v) is 1.97. The second-order valence-corrected chi connectivity index (χ2v) is 3.95. The van der Waals surface area contributed by atoms with Crippen LogP contribution in [0.15, 0.2) is 23.1 Å². The molecule has 0 aromatic heterocycles. The summed E-state index contributed by atoms with van der Waals surface area (Å²) in [5.41, 5.74) is 7.75. The normalized spacial score (nSPS) is 22.1. The van der Waals surface area contributed by atoms with E-state index in [9.17, 15) is 0 Å². The highest BCUT2D eigenvalue weighted by Gasteiger charge is 2.16. The fraction of sp³-hybridized carbons (Fsp3) is 0.400. The SMILES string of the molecule is Nc1ccc(C2CCCN2)cc1S. The first kappa shape index (κ1) is 8.91. The third-order valence-corrected chi connectivity index (χ3v) is 2.90. The number of hydrogen-bond donors (Lipinski definition) is 3. The van der Waals surface area contributed by atoms with Crippen molar-refractivity contribution in [3.05, 3.63) is 23.8 Å². The van der Waals surface area contributed by atoms with Crippen molar-refractivity contribution in [2.24, 2.45) is 0 Å². The van der Waals surface area contributed by atoms with Crippen LogP contribution in [0.2, 0.25) is 0 Å². The first-order valence-corrected chi connectivity index (χ1v) is 5.04. The average Bonchev–Trinajstić information content (AvgIpc) is 2.62. The molecular formula is C10H14N2S. The zero-order valence-corrected chi connectivity index (χ0v) is 8.35. The lowest BCUT2D eigenvalue weighted by molar-refractivity contribution is 0.646. The van der Waals surface area contributed by atoms with Gasteiger partial charge in [-0.05, 0) is 37.1 Å². The molecule has 1 atom stereocenters. The van der Waals surface area contributed by atoms with Gasteiger partial charge in [0.25, 0.3) is 0 Å². The van der Waals surface area contributed by atoms with Crippen LogP contribution in [0.3, 0.4) is 0 Å². The van der Waals surface area contributed by atoms with Gasteiger partial charge in [0.15, 0.2) is 0 Å². The van der Waals surface area contributed by atoms with E-state index in [1.165, 1.54) is 18.4 Å². The lowest BCUT2D eigenvalue weighted by Gasteiger charge is -2.11. The monoisotopic (exact) mass is 194 g/mol. The van der Waals surface area contributed by atoms with Crippen molar-refractivity contribution >= 4 is 18.3 Å². The van der Waals surface area contributed by atoms with Gasteiger partial charge in [0.2, 0.25) is 0 Å². The van der Waals surface area contributed by atoms with Gasteiger partial charge in [-0.15, -0.1) is 12.6 Å². The zero-order valence-electron chi connectivity index (χ0n) is 7.46. The molecule has 0 radical (unpaired) electrons. The van der Waals surface area contributed by atoms with E-state index in [0.29, 0.717) is 6.04 Å². The third kappa shape index (κ3) is 1.81. The number of anilines is 1. The number of benzene rings is 1. The Balaban J connectivity index is 2.25. The highest BCUT2D eigenvalue weighted by molar-refractivity contribution is 7.80. The van der Waals surface area contributed by atoms with Gasteiger partial charge < -0.3 is 11.1 Å². The second-order valence-electron chi connectivity index (χ2n) is 3.47. The molecule has 3 N–H and O–H groups in total. The number of hydrogen-bond acceptors (Lipinski definition) is 3. The van der Waals surface area contributed by atoms with E-state index in [0.717, 1.165) is 17.1 Å². The van der Waals surface area contributed by atoms with Crippen LogP contribution in [0.4, 0.5) is 5.69 Å². The van der Waals surface area contributed by atoms with Crippen LogP contribution < -0.4 is 11.1 Å². The smallest absolute Gasteiger partial charge is 0.0449 e. The van der Waals surface area contributed by atoms with Gasteiger partial charge in [0, 0.05) is 16.6 Å². The highest BCUT2D eigenvalue weighted by atomic mass is 32.1. The maximum absolute atomic E-state index is 5.69. The number of thiol groups is 1. The summed E-state index contributed by atoms with van der Waals surface area (Å²) >= 11 is 4.31. The number of nitrogens with two attached hydrogens (primary N) is 1. The van der Waals surface area contributed by atoms with Crippen LogP contribution in [0.5, 0.6) is 0 Å². The molecule has 1 aliphatic heterocycles. The standard InChI is InChI=1S/C10H14N2S/c11-8-4-3-7(6-10(8)13)9-2-1-5-12-9/h3-4,6,9,12-13H,1-2,5,11H2. The van der Waals surface area contributed by atoms with Gasteiger partial charge >= 0.3 is 0 Å². The minimum Gasteiger partial charge on any atom is -0.398 e. The molecule has 2 nitrogen and oxygen atoms in total. The molecule has 0 saturated carbocycles. The third-order valence-electron chi connectivity index (χ3n) is 2.52. The first-order valence-electron chi connectivity index (χ1n) is 4.59. The van der Waals surface area contributed by atoms with E-state index in [1.54, 1.807) is 0 Å². The molecule has 1 aromatic carbocycles. The Kier molecular flexibility index (Phi) is 2.47. The van der Waals surface area contributed by atoms with E-state index >= 15 is 0 Å². The number of nitrogens with one attached hydrogen (secondary N) is 1. The van der Waals surface area contributed by atoms with Gasteiger partial charge in [-0.25, -0.2) is 0 Å². The molecule has 13 heavy (non-hydrogen) atoms. The maximum Gasteiger partial charge on any atom is 0.0449 e. The molecule has 1 aromatic rings. The van der Waals surface area contributed by atoms with Gasteiger partial charge in [-0.2, -0.15) is 0 Å². The topological polar surface area (TPSA) is 38.0 Å². The minimum absolute atomic E-state index is 0.506. The van der Waals surface area contributed by atoms with Gasteiger partial charge in [-0.1, -0.05) is 6.07 Å². The molecule has 1 saturated heterocycles. The summed E-state index contributed by atoms with van der Waals surface area (Å²) in [5.74, 6) is 0. The molecule has 70 valence electrons. The van der Waals surface area contributed by atoms with E-state index in [2.05, 4.69) is 30.1 Å². The molecule has 2 rings (SSSR count). The van der Waals surface area contributed by atoms with E-state index < -0.39 is 0 Å². The molecule has 1 fully saturated rings. The summed E-state index contributed by atoms with van der Waals surface area (Å²) in [5, 5.41) is 3.44. The maximum atomic E-state index is 5.69. The van der Waals surface area contributed by atoms with Crippen molar-refractivity contribution in [2.45, 2.75) is 23.8 Å². The van der Waals surface area contributed by atoms with Crippen LogP contribution in [-0.2, 0) is 0 Å². The van der Waals surface area contributed by atoms with Crippen LogP contribution in [0.1, 0.15) is 24.4 Å². The summed E-state index contributed by atoms with van der Waals surface area (Å²) in [4.78, 5) is 0.881. The summed E-state index contributed by atoms with van der Waals surface area (Å²) in [6, 6.07) is 6.57. The molecule has 0 amide bonds. The molecule has 0 aliphatic carbocycles. The molecule has 1 aliphatic rings. The number of nitrogen functional groups attached to an aromatic ring is 1. The zero-order chi connectivity index (χ0) is 9.26. The Morgan fingerprint density at radius 3 is 2.92 bits per heavy atom. The van der Waals surface area contributed by atoms with Crippen LogP contribution in [-0.4, -0.2) is 6.54 Å². The largest absolute Gasteiger partial charge is 0.398 e. The van der Waals surface area contributed by atoms with Gasteiger partial charge in [0.1, 0.15) is 0 Å². The summed E-state index contributed by atoms with van der Waals surface area (Å²) in [6.07, 6.45) is 2.48. The Labute approximate surface area is 83.9 Å². The average molecular weight is 194 g/mol. The number of rotatable bonds is 1. The molecule has 3 heteroatoms. The Bertz CT molecular complexity index is 306. The van der Waals surface area contributed by atoms with Crippen molar-refractivity contribution in [3.63, 3.8) is 0 Å². The molecule has 0 spiro atoms. The molecule has 1 heterocycles. The summed E-state index contributed by atoms with van der Waals surface area (Å²) in [6.45, 7) is 1.12. The second kappa shape index (κ2) is 3.60. The van der Waals surface area contributed by atoms with Crippen molar-refractivity contribution in [1.29, 1.82) is 0 Å².